The van der Waals surface area contributed by atoms with Crippen LogP contribution >= 0.6 is 0 Å². The third kappa shape index (κ3) is 4.77. The van der Waals surface area contributed by atoms with Crippen LogP contribution in [0.3, 0.4) is 0 Å². The number of methoxy groups -OCH3 is 1. The molecule has 1 atom stereocenters. The molecule has 2 N–H and O–H groups in total. The van der Waals surface area contributed by atoms with Gasteiger partial charge in [-0.25, -0.2) is 10.9 Å². The van der Waals surface area contributed by atoms with Crippen molar-refractivity contribution >= 4 is 29.8 Å². The Balaban J connectivity index is 1.75. The molecule has 7 heteroatoms. The number of hydrazone groups is 2. The zero-order valence-electron chi connectivity index (χ0n) is 13.7. The average molecular weight is 328 g/mol. The van der Waals surface area contributed by atoms with Gasteiger partial charge in [-0.15, -0.1) is 0 Å². The molecule has 2 amide bonds. The molecule has 0 spiro atoms. The predicted octanol–water partition coefficient (Wildman–Crippen LogP) is 1.71. The lowest BCUT2D eigenvalue weighted by Gasteiger charge is -2.06. The number of ether oxygens (including phenoxy) is 1. The summed E-state index contributed by atoms with van der Waals surface area (Å²) in [5, 5.41) is 7.68. The second kappa shape index (κ2) is 8.61. The van der Waals surface area contributed by atoms with Crippen LogP contribution in [-0.4, -0.2) is 30.9 Å². The van der Waals surface area contributed by atoms with E-state index in [0.29, 0.717) is 12.1 Å². The largest absolute Gasteiger partial charge is 0.496 e. The topological polar surface area (TPSA) is 92.1 Å². The maximum Gasteiger partial charge on any atom is 0.248 e. The number of para-hydroxylation sites is 1. The van der Waals surface area contributed by atoms with Gasteiger partial charge in [0.2, 0.25) is 11.8 Å². The van der Waals surface area contributed by atoms with E-state index in [9.17, 15) is 9.59 Å². The summed E-state index contributed by atoms with van der Waals surface area (Å²) >= 11 is 0. The van der Waals surface area contributed by atoms with Gasteiger partial charge >= 0.3 is 0 Å². The summed E-state index contributed by atoms with van der Waals surface area (Å²) in [4.78, 5) is 23.2. The zero-order chi connectivity index (χ0) is 17.4. The van der Waals surface area contributed by atoms with Gasteiger partial charge < -0.3 is 4.74 Å². The van der Waals surface area contributed by atoms with Gasteiger partial charge in [0.15, 0.2) is 0 Å². The molecule has 0 fully saturated rings. The Hall–Kier alpha value is -2.96. The third-order valence-corrected chi connectivity index (χ3v) is 3.59. The highest BCUT2D eigenvalue weighted by Gasteiger charge is 2.26. The minimum absolute atomic E-state index is 0.163. The number of nitrogens with one attached hydrogen (secondary N) is 2. The summed E-state index contributed by atoms with van der Waals surface area (Å²) in [5.74, 6) is 0.0243. The number of nitrogens with zero attached hydrogens (tertiary/aromatic N) is 2. The molecule has 0 saturated heterocycles. The Morgan fingerprint density at radius 3 is 2.96 bits per heavy atom. The first-order valence-corrected chi connectivity index (χ1v) is 7.57. The number of hydrogen-bond acceptors (Lipinski definition) is 5. The van der Waals surface area contributed by atoms with Crippen molar-refractivity contribution in [2.45, 2.75) is 19.8 Å². The molecule has 1 heterocycles. The predicted molar refractivity (Wildman–Crippen MR) is 92.6 cm³/mol. The summed E-state index contributed by atoms with van der Waals surface area (Å²) in [5.41, 5.74) is 6.44. The molecule has 0 bridgehead atoms. The summed E-state index contributed by atoms with van der Waals surface area (Å²) in [6, 6.07) is 7.58. The van der Waals surface area contributed by atoms with Crippen molar-refractivity contribution < 1.29 is 14.3 Å². The molecule has 0 saturated carbocycles. The molecule has 7 nitrogen and oxygen atoms in total. The van der Waals surface area contributed by atoms with Gasteiger partial charge in [0.05, 0.1) is 13.0 Å². The van der Waals surface area contributed by atoms with Gasteiger partial charge in [-0.3, -0.25) is 9.59 Å². The van der Waals surface area contributed by atoms with Crippen LogP contribution in [0.1, 0.15) is 25.3 Å². The number of rotatable bonds is 7. The zero-order valence-corrected chi connectivity index (χ0v) is 13.7. The van der Waals surface area contributed by atoms with Gasteiger partial charge in [0.25, 0.3) is 0 Å². The maximum atomic E-state index is 11.7. The standard InChI is InChI=1S/C17H20N4O3/c1-12-14(17(23)21-19-12)9-10-16(22)20-18-11-5-7-13-6-3-4-8-15(13)24-2/h3-8,11,14H,9-10H2,1-2H3,(H,20,22)(H,21,23). The second-order valence-electron chi connectivity index (χ2n) is 5.23. The van der Waals surface area contributed by atoms with Crippen molar-refractivity contribution in [3.8, 4) is 5.75 Å². The van der Waals surface area contributed by atoms with Crippen LogP contribution in [0, 0.1) is 5.92 Å². The number of carbonyl (C=O) groups excluding carboxylic acids is 2. The highest BCUT2D eigenvalue weighted by atomic mass is 16.5. The van der Waals surface area contributed by atoms with Crippen LogP contribution < -0.4 is 15.6 Å². The highest BCUT2D eigenvalue weighted by molar-refractivity contribution is 6.07. The van der Waals surface area contributed by atoms with Crippen LogP contribution in [0.15, 0.2) is 40.5 Å². The van der Waals surface area contributed by atoms with Crippen molar-refractivity contribution in [2.24, 2.45) is 16.1 Å². The van der Waals surface area contributed by atoms with E-state index < -0.39 is 0 Å². The van der Waals surface area contributed by atoms with Crippen LogP contribution in [-0.2, 0) is 9.59 Å². The smallest absolute Gasteiger partial charge is 0.248 e. The number of hydrogen-bond donors (Lipinski definition) is 2. The maximum absolute atomic E-state index is 11.7. The van der Waals surface area contributed by atoms with Crippen LogP contribution in [0.2, 0.25) is 0 Å². The molecule has 24 heavy (non-hydrogen) atoms. The SMILES string of the molecule is COc1ccccc1C=CC=NNC(=O)CCC1C(=O)NN=C1C. The molecule has 126 valence electrons. The number of carbonyl (C=O) groups is 2. The first-order valence-electron chi connectivity index (χ1n) is 7.57. The quantitative estimate of drug-likeness (QED) is 0.589. The van der Waals surface area contributed by atoms with Gasteiger partial charge in [-0.2, -0.15) is 10.2 Å². The molecule has 1 aromatic rings. The van der Waals surface area contributed by atoms with E-state index in [1.54, 1.807) is 20.1 Å². The third-order valence-electron chi connectivity index (χ3n) is 3.59. The van der Waals surface area contributed by atoms with Crippen LogP contribution in [0.5, 0.6) is 5.75 Å². The van der Waals surface area contributed by atoms with E-state index in [1.165, 1.54) is 6.21 Å². The fraction of sp³-hybridized carbons (Fsp3) is 0.294. The number of benzene rings is 1. The Bertz CT molecular complexity index is 695. The second-order valence-corrected chi connectivity index (χ2v) is 5.23. The van der Waals surface area contributed by atoms with Crippen molar-refractivity contribution in [1.82, 2.24) is 10.9 Å². The fourth-order valence-corrected chi connectivity index (χ4v) is 2.26. The van der Waals surface area contributed by atoms with E-state index in [-0.39, 0.29) is 24.2 Å². The van der Waals surface area contributed by atoms with Gasteiger partial charge in [0.1, 0.15) is 5.75 Å². The lowest BCUT2D eigenvalue weighted by Crippen LogP contribution is -2.25. The van der Waals surface area contributed by atoms with E-state index in [0.717, 1.165) is 11.3 Å². The minimum Gasteiger partial charge on any atom is -0.496 e. The van der Waals surface area contributed by atoms with Crippen molar-refractivity contribution in [1.29, 1.82) is 0 Å². The fourth-order valence-electron chi connectivity index (χ4n) is 2.26. The molecule has 2 rings (SSSR count). The molecule has 1 aromatic carbocycles. The van der Waals surface area contributed by atoms with Crippen molar-refractivity contribution in [3.05, 3.63) is 35.9 Å². The molecule has 1 aliphatic rings. The van der Waals surface area contributed by atoms with Gasteiger partial charge in [-0.1, -0.05) is 18.2 Å². The molecule has 1 aliphatic heterocycles. The van der Waals surface area contributed by atoms with E-state index >= 15 is 0 Å². The van der Waals surface area contributed by atoms with E-state index in [1.807, 2.05) is 30.3 Å². The van der Waals surface area contributed by atoms with E-state index in [4.69, 9.17) is 4.74 Å². The first kappa shape index (κ1) is 17.4. The Morgan fingerprint density at radius 1 is 1.46 bits per heavy atom. The lowest BCUT2D eigenvalue weighted by atomic mass is 9.99. The highest BCUT2D eigenvalue weighted by Crippen LogP contribution is 2.18. The van der Waals surface area contributed by atoms with Crippen LogP contribution in [0.4, 0.5) is 0 Å². The first-order chi connectivity index (χ1) is 11.6. The molecular formula is C17H20N4O3. The number of amides is 2. The molecule has 0 aliphatic carbocycles. The molecule has 0 radical (unpaired) electrons. The molecular weight excluding hydrogens is 308 g/mol. The van der Waals surface area contributed by atoms with E-state index in [2.05, 4.69) is 21.1 Å². The molecule has 0 aromatic heterocycles. The normalized spacial score (nSPS) is 17.2. The van der Waals surface area contributed by atoms with Gasteiger partial charge in [0, 0.05) is 23.9 Å². The lowest BCUT2D eigenvalue weighted by molar-refractivity contribution is -0.123. The van der Waals surface area contributed by atoms with Crippen molar-refractivity contribution in [3.63, 3.8) is 0 Å². The summed E-state index contributed by atoms with van der Waals surface area (Å²) in [7, 11) is 1.61. The minimum atomic E-state index is -0.329. The van der Waals surface area contributed by atoms with Crippen molar-refractivity contribution in [2.75, 3.05) is 7.11 Å². The number of allylic oxidation sites excluding steroid dienone is 1. The Morgan fingerprint density at radius 2 is 2.25 bits per heavy atom. The summed E-state index contributed by atoms with van der Waals surface area (Å²) in [6.07, 6.45) is 5.65. The average Bonchev–Trinajstić information content (AvgIpc) is 2.91. The van der Waals surface area contributed by atoms with Gasteiger partial charge in [-0.05, 0) is 31.6 Å². The monoisotopic (exact) mass is 328 g/mol. The molecule has 1 unspecified atom stereocenters. The summed E-state index contributed by atoms with van der Waals surface area (Å²) < 4.78 is 5.23. The summed E-state index contributed by atoms with van der Waals surface area (Å²) in [6.45, 7) is 1.77. The van der Waals surface area contributed by atoms with Crippen LogP contribution in [0.25, 0.3) is 6.08 Å². The Kier molecular flexibility index (Phi) is 6.24. The Labute approximate surface area is 140 Å².